The van der Waals surface area contributed by atoms with Crippen LogP contribution in [0.5, 0.6) is 17.4 Å². The third kappa shape index (κ3) is 7.87. The number of benzene rings is 2. The van der Waals surface area contributed by atoms with Crippen LogP contribution in [0.25, 0.3) is 11.1 Å². The van der Waals surface area contributed by atoms with Crippen LogP contribution in [0.3, 0.4) is 0 Å². The van der Waals surface area contributed by atoms with Gasteiger partial charge in [0.25, 0.3) is 11.8 Å². The number of halogens is 1. The number of hydrogen-bond donors (Lipinski definition) is 3. The molecule has 2 amide bonds. The highest BCUT2D eigenvalue weighted by Crippen LogP contribution is 2.33. The number of amides is 2. The third-order valence-corrected chi connectivity index (χ3v) is 9.18. The van der Waals surface area contributed by atoms with E-state index in [9.17, 15) is 19.1 Å². The van der Waals surface area contributed by atoms with E-state index in [4.69, 9.17) is 9.47 Å². The molecule has 0 unspecified atom stereocenters. The molecule has 4 aromatic rings. The molecule has 3 heterocycles. The highest BCUT2D eigenvalue weighted by Gasteiger charge is 2.26. The van der Waals surface area contributed by atoms with Gasteiger partial charge in [-0.15, -0.1) is 11.3 Å². The number of aromatic nitrogens is 2. The second-order valence-electron chi connectivity index (χ2n) is 11.7. The van der Waals surface area contributed by atoms with Gasteiger partial charge in [0.05, 0.1) is 19.4 Å². The van der Waals surface area contributed by atoms with Crippen LogP contribution in [0.15, 0.2) is 60.1 Å². The van der Waals surface area contributed by atoms with Gasteiger partial charge in [0.2, 0.25) is 5.88 Å². The Morgan fingerprint density at radius 1 is 1.04 bits per heavy atom. The van der Waals surface area contributed by atoms with E-state index < -0.39 is 11.7 Å². The van der Waals surface area contributed by atoms with Crippen molar-refractivity contribution in [2.45, 2.75) is 51.2 Å². The highest BCUT2D eigenvalue weighted by molar-refractivity contribution is 7.11. The number of nitrogens with one attached hydrogen (secondary N) is 2. The van der Waals surface area contributed by atoms with E-state index in [1.165, 1.54) is 11.3 Å². The summed E-state index contributed by atoms with van der Waals surface area (Å²) in [6.07, 6.45) is 3.74. The Hall–Kier alpha value is -4.39. The number of phenolic OH excluding ortho intramolecular Hbond substituents is 1. The molecule has 1 aliphatic heterocycles. The third-order valence-electron chi connectivity index (χ3n) is 8.22. The number of carbonyl (C=O) groups excluding carboxylic acids is 2. The number of aryl methyl sites for hydroxylation is 1. The van der Waals surface area contributed by atoms with Gasteiger partial charge in [0.1, 0.15) is 22.9 Å². The SMILES string of the molecule is Cc1csc(C(=O)N[C@H]2CC[C@@H](NC(=O)c3cc(F)cnc3Oc3cccc(-c4ccc(O)cc4CN4CCOCC4)c3)CC2)n1. The second-order valence-corrected chi connectivity index (χ2v) is 12.5. The Morgan fingerprint density at radius 3 is 2.50 bits per heavy atom. The molecule has 240 valence electrons. The smallest absolute Gasteiger partial charge is 0.280 e. The van der Waals surface area contributed by atoms with Gasteiger partial charge in [-0.3, -0.25) is 14.5 Å². The lowest BCUT2D eigenvalue weighted by atomic mass is 9.91. The maximum atomic E-state index is 14.3. The molecule has 10 nitrogen and oxygen atoms in total. The quantitative estimate of drug-likeness (QED) is 0.219. The molecule has 0 radical (unpaired) electrons. The number of rotatable bonds is 9. The topological polar surface area (TPSA) is 126 Å². The van der Waals surface area contributed by atoms with Crippen molar-refractivity contribution in [2.75, 3.05) is 26.3 Å². The van der Waals surface area contributed by atoms with Crippen LogP contribution in [-0.2, 0) is 11.3 Å². The summed E-state index contributed by atoms with van der Waals surface area (Å²) in [4.78, 5) is 36.5. The Labute approximate surface area is 270 Å². The van der Waals surface area contributed by atoms with Crippen LogP contribution < -0.4 is 15.4 Å². The number of nitrogens with zero attached hydrogens (tertiary/aromatic N) is 3. The molecule has 0 atom stereocenters. The first-order valence-electron chi connectivity index (χ1n) is 15.4. The average Bonchev–Trinajstić information content (AvgIpc) is 3.50. The van der Waals surface area contributed by atoms with Gasteiger partial charge in [-0.2, -0.15) is 0 Å². The van der Waals surface area contributed by atoms with E-state index in [-0.39, 0.29) is 35.2 Å². The summed E-state index contributed by atoms with van der Waals surface area (Å²) in [6.45, 7) is 5.47. The number of hydrogen-bond acceptors (Lipinski definition) is 9. The molecule has 46 heavy (non-hydrogen) atoms. The largest absolute Gasteiger partial charge is 0.508 e. The number of ether oxygens (including phenoxy) is 2. The van der Waals surface area contributed by atoms with Crippen LogP contribution in [0.4, 0.5) is 4.39 Å². The van der Waals surface area contributed by atoms with Gasteiger partial charge in [0, 0.05) is 42.8 Å². The Kier molecular flexibility index (Phi) is 9.86. The highest BCUT2D eigenvalue weighted by atomic mass is 32.1. The van der Waals surface area contributed by atoms with Gasteiger partial charge in [-0.05, 0) is 79.6 Å². The number of thiazole rings is 1. The van der Waals surface area contributed by atoms with E-state index in [0.29, 0.717) is 56.2 Å². The number of phenols is 1. The van der Waals surface area contributed by atoms with Crippen molar-refractivity contribution in [2.24, 2.45) is 0 Å². The van der Waals surface area contributed by atoms with Crippen LogP contribution in [0.1, 0.15) is 57.1 Å². The first-order chi connectivity index (χ1) is 22.3. The summed E-state index contributed by atoms with van der Waals surface area (Å²) in [7, 11) is 0. The minimum atomic E-state index is -0.646. The van der Waals surface area contributed by atoms with Crippen LogP contribution in [-0.4, -0.2) is 70.2 Å². The normalized spacial score (nSPS) is 18.6. The molecule has 2 aromatic carbocycles. The van der Waals surface area contributed by atoms with Crippen molar-refractivity contribution in [3.8, 4) is 28.5 Å². The van der Waals surface area contributed by atoms with Crippen molar-refractivity contribution in [3.05, 3.63) is 87.8 Å². The molecule has 2 aromatic heterocycles. The zero-order valence-corrected chi connectivity index (χ0v) is 26.3. The fraction of sp³-hybridized carbons (Fsp3) is 0.353. The average molecular weight is 646 g/mol. The lowest BCUT2D eigenvalue weighted by Crippen LogP contribution is -2.43. The lowest BCUT2D eigenvalue weighted by Gasteiger charge is -2.29. The fourth-order valence-corrected chi connectivity index (χ4v) is 6.55. The minimum Gasteiger partial charge on any atom is -0.508 e. The molecule has 1 aliphatic carbocycles. The van der Waals surface area contributed by atoms with Gasteiger partial charge >= 0.3 is 0 Å². The predicted molar refractivity (Wildman–Crippen MR) is 172 cm³/mol. The first-order valence-corrected chi connectivity index (χ1v) is 16.3. The summed E-state index contributed by atoms with van der Waals surface area (Å²) < 4.78 is 25.9. The lowest BCUT2D eigenvalue weighted by molar-refractivity contribution is 0.0342. The van der Waals surface area contributed by atoms with Crippen molar-refractivity contribution >= 4 is 23.2 Å². The van der Waals surface area contributed by atoms with Crippen molar-refractivity contribution < 1.29 is 28.6 Å². The van der Waals surface area contributed by atoms with Gasteiger partial charge in [0.15, 0.2) is 5.01 Å². The zero-order chi connectivity index (χ0) is 32.0. The molecule has 6 rings (SSSR count). The number of carbonyl (C=O) groups is 2. The predicted octanol–water partition coefficient (Wildman–Crippen LogP) is 5.45. The first kappa shape index (κ1) is 31.6. The fourth-order valence-electron chi connectivity index (χ4n) is 5.85. The Balaban J connectivity index is 1.12. The van der Waals surface area contributed by atoms with Crippen LogP contribution in [0, 0.1) is 12.7 Å². The van der Waals surface area contributed by atoms with Gasteiger partial charge < -0.3 is 25.2 Å². The number of aromatic hydroxyl groups is 1. The molecule has 3 N–H and O–H groups in total. The summed E-state index contributed by atoms with van der Waals surface area (Å²) in [5.74, 6) is -0.685. The maximum absolute atomic E-state index is 14.3. The van der Waals surface area contributed by atoms with E-state index in [1.807, 2.05) is 36.6 Å². The van der Waals surface area contributed by atoms with Crippen LogP contribution >= 0.6 is 11.3 Å². The van der Waals surface area contributed by atoms with Crippen molar-refractivity contribution in [1.29, 1.82) is 0 Å². The van der Waals surface area contributed by atoms with E-state index >= 15 is 0 Å². The molecule has 1 saturated carbocycles. The Morgan fingerprint density at radius 2 is 1.78 bits per heavy atom. The standard InChI is InChI=1S/C34H36FN5O5S/c1-21-20-46-34(37-21)32(43)39-26-7-5-25(6-8-26)38-31(42)30-17-24(35)18-36-33(30)45-28-4-2-3-22(16-28)29-10-9-27(41)15-23(29)19-40-11-13-44-14-12-40/h2-4,9-10,15-18,20,25-26,41H,5-8,11-14,19H2,1H3,(H,38,42)(H,39,43)/t25-,26+. The summed E-state index contributed by atoms with van der Waals surface area (Å²) in [5, 5.41) is 18.5. The molecule has 2 aliphatic rings. The van der Waals surface area contributed by atoms with E-state index in [1.54, 1.807) is 18.2 Å². The zero-order valence-electron chi connectivity index (χ0n) is 25.5. The second kappa shape index (κ2) is 14.4. The molecule has 12 heteroatoms. The molecular formula is C34H36FN5O5S. The summed E-state index contributed by atoms with van der Waals surface area (Å²) in [5.41, 5.74) is 3.58. The van der Waals surface area contributed by atoms with E-state index in [0.717, 1.165) is 47.7 Å². The number of morpholine rings is 1. The maximum Gasteiger partial charge on any atom is 0.280 e. The molecule has 2 fully saturated rings. The molecule has 0 spiro atoms. The van der Waals surface area contributed by atoms with Crippen LogP contribution in [0.2, 0.25) is 0 Å². The number of pyridine rings is 1. The van der Waals surface area contributed by atoms with Gasteiger partial charge in [-0.25, -0.2) is 14.4 Å². The molecule has 1 saturated heterocycles. The summed E-state index contributed by atoms with van der Waals surface area (Å²) in [6, 6.07) is 13.7. The van der Waals surface area contributed by atoms with E-state index in [2.05, 4.69) is 25.5 Å². The van der Waals surface area contributed by atoms with Crippen molar-refractivity contribution in [3.63, 3.8) is 0 Å². The Bertz CT molecular complexity index is 1700. The van der Waals surface area contributed by atoms with Gasteiger partial charge in [-0.1, -0.05) is 18.2 Å². The van der Waals surface area contributed by atoms with Crippen molar-refractivity contribution in [1.82, 2.24) is 25.5 Å². The minimum absolute atomic E-state index is 0.00221. The molecular weight excluding hydrogens is 609 g/mol. The summed E-state index contributed by atoms with van der Waals surface area (Å²) >= 11 is 1.32. The monoisotopic (exact) mass is 645 g/mol. The molecule has 0 bridgehead atoms.